The fraction of sp³-hybridized carbons (Fsp3) is 0.154. The highest BCUT2D eigenvalue weighted by Gasteiger charge is 2.13. The molecule has 0 N–H and O–H groups in total. The van der Waals surface area contributed by atoms with Crippen LogP contribution >= 0.6 is 11.3 Å². The van der Waals surface area contributed by atoms with Crippen molar-refractivity contribution in [2.45, 2.75) is 13.8 Å². The molecular weight excluding hydrogens is 223 g/mol. The summed E-state index contributed by atoms with van der Waals surface area (Å²) in [6.45, 7) is 3.56. The molecule has 1 aromatic heterocycles. The van der Waals surface area contributed by atoms with Crippen molar-refractivity contribution >= 4 is 17.1 Å². The van der Waals surface area contributed by atoms with E-state index in [1.165, 1.54) is 23.5 Å². The molecule has 0 spiro atoms. The molecule has 0 atom stereocenters. The summed E-state index contributed by atoms with van der Waals surface area (Å²) >= 11 is 1.50. The Hall–Kier alpha value is -1.48. The average molecular weight is 234 g/mol. The van der Waals surface area contributed by atoms with Crippen molar-refractivity contribution < 1.29 is 9.18 Å². The van der Waals surface area contributed by atoms with E-state index in [9.17, 15) is 9.18 Å². The fourth-order valence-electron chi connectivity index (χ4n) is 1.53. The minimum atomic E-state index is -0.279. The molecule has 0 aliphatic rings. The third-order valence-corrected chi connectivity index (χ3v) is 3.38. The van der Waals surface area contributed by atoms with Crippen molar-refractivity contribution in [2.75, 3.05) is 0 Å². The summed E-state index contributed by atoms with van der Waals surface area (Å²) in [5, 5.41) is 3.76. The number of benzene rings is 1. The summed E-state index contributed by atoms with van der Waals surface area (Å²) in [5.74, 6) is -0.319. The predicted octanol–water partition coefficient (Wildman–Crippen LogP) is 3.74. The van der Waals surface area contributed by atoms with Crippen LogP contribution in [0.2, 0.25) is 0 Å². The van der Waals surface area contributed by atoms with E-state index >= 15 is 0 Å². The van der Waals surface area contributed by atoms with Crippen molar-refractivity contribution in [1.82, 2.24) is 0 Å². The molecule has 3 heteroatoms. The zero-order chi connectivity index (χ0) is 11.7. The lowest BCUT2D eigenvalue weighted by atomic mass is 10.0. The molecule has 0 saturated carbocycles. The van der Waals surface area contributed by atoms with Gasteiger partial charge in [-0.25, -0.2) is 4.39 Å². The molecule has 0 fully saturated rings. The van der Waals surface area contributed by atoms with Crippen LogP contribution in [-0.4, -0.2) is 5.78 Å². The van der Waals surface area contributed by atoms with Crippen LogP contribution in [0.5, 0.6) is 0 Å². The van der Waals surface area contributed by atoms with Crippen molar-refractivity contribution in [3.63, 3.8) is 0 Å². The van der Waals surface area contributed by atoms with E-state index in [0.717, 1.165) is 5.56 Å². The second kappa shape index (κ2) is 4.18. The van der Waals surface area contributed by atoms with Gasteiger partial charge in [0.25, 0.3) is 0 Å². The molecule has 0 radical (unpaired) electrons. The highest BCUT2D eigenvalue weighted by atomic mass is 32.1. The molecule has 0 amide bonds. The van der Waals surface area contributed by atoms with Crippen molar-refractivity contribution in [1.29, 1.82) is 0 Å². The molecular formula is C13H11FOS. The van der Waals surface area contributed by atoms with Gasteiger partial charge in [0.15, 0.2) is 5.78 Å². The van der Waals surface area contributed by atoms with E-state index in [0.29, 0.717) is 16.7 Å². The molecule has 82 valence electrons. The van der Waals surface area contributed by atoms with Gasteiger partial charge in [0.2, 0.25) is 0 Å². The number of hydrogen-bond acceptors (Lipinski definition) is 2. The Balaban J connectivity index is 2.42. The Kier molecular flexibility index (Phi) is 2.88. The minimum absolute atomic E-state index is 0.0400. The van der Waals surface area contributed by atoms with E-state index in [1.54, 1.807) is 13.0 Å². The Labute approximate surface area is 97.6 Å². The van der Waals surface area contributed by atoms with Crippen LogP contribution in [0.4, 0.5) is 4.39 Å². The number of ketones is 1. The zero-order valence-electron chi connectivity index (χ0n) is 9.08. The van der Waals surface area contributed by atoms with Crippen molar-refractivity contribution in [3.8, 4) is 0 Å². The van der Waals surface area contributed by atoms with E-state index < -0.39 is 0 Å². The quantitative estimate of drug-likeness (QED) is 0.723. The van der Waals surface area contributed by atoms with E-state index in [4.69, 9.17) is 0 Å². The van der Waals surface area contributed by atoms with Gasteiger partial charge >= 0.3 is 0 Å². The summed E-state index contributed by atoms with van der Waals surface area (Å²) in [7, 11) is 0. The first-order valence-corrected chi connectivity index (χ1v) is 5.87. The maximum absolute atomic E-state index is 13.1. The van der Waals surface area contributed by atoms with Crippen LogP contribution < -0.4 is 0 Å². The normalized spacial score (nSPS) is 10.4. The summed E-state index contributed by atoms with van der Waals surface area (Å²) in [6.07, 6.45) is 0. The molecule has 0 aliphatic heterocycles. The SMILES string of the molecule is Cc1cc(C(=O)c2cscc2C)ccc1F. The minimum Gasteiger partial charge on any atom is -0.289 e. The van der Waals surface area contributed by atoms with Gasteiger partial charge < -0.3 is 0 Å². The highest BCUT2D eigenvalue weighted by molar-refractivity contribution is 7.08. The third kappa shape index (κ3) is 1.91. The molecule has 1 heterocycles. The molecule has 0 unspecified atom stereocenters. The molecule has 0 aliphatic carbocycles. The Morgan fingerprint density at radius 1 is 1.19 bits per heavy atom. The first kappa shape index (κ1) is 11.0. The zero-order valence-corrected chi connectivity index (χ0v) is 9.90. The topological polar surface area (TPSA) is 17.1 Å². The lowest BCUT2D eigenvalue weighted by Crippen LogP contribution is -2.02. The van der Waals surface area contributed by atoms with Gasteiger partial charge in [-0.3, -0.25) is 4.79 Å². The maximum Gasteiger partial charge on any atom is 0.194 e. The highest BCUT2D eigenvalue weighted by Crippen LogP contribution is 2.19. The number of rotatable bonds is 2. The van der Waals surface area contributed by atoms with Crippen LogP contribution in [0.25, 0.3) is 0 Å². The van der Waals surface area contributed by atoms with Gasteiger partial charge in [-0.2, -0.15) is 11.3 Å². The summed E-state index contributed by atoms with van der Waals surface area (Å²) in [6, 6.07) is 4.46. The number of hydrogen-bond donors (Lipinski definition) is 0. The first-order valence-electron chi connectivity index (χ1n) is 4.93. The maximum atomic E-state index is 13.1. The van der Waals surface area contributed by atoms with Gasteiger partial charge in [0, 0.05) is 16.5 Å². The average Bonchev–Trinajstić information content (AvgIpc) is 2.67. The van der Waals surface area contributed by atoms with Crippen molar-refractivity contribution in [2.24, 2.45) is 0 Å². The van der Waals surface area contributed by atoms with Crippen molar-refractivity contribution in [3.05, 3.63) is 57.0 Å². The second-order valence-corrected chi connectivity index (χ2v) is 4.51. The lowest BCUT2D eigenvalue weighted by molar-refractivity contribution is 0.103. The van der Waals surface area contributed by atoms with Crippen LogP contribution in [0.3, 0.4) is 0 Å². The number of thiophene rings is 1. The fourth-order valence-corrected chi connectivity index (χ4v) is 2.36. The van der Waals surface area contributed by atoms with Gasteiger partial charge in [-0.1, -0.05) is 0 Å². The largest absolute Gasteiger partial charge is 0.289 e. The van der Waals surface area contributed by atoms with Crippen LogP contribution in [-0.2, 0) is 0 Å². The molecule has 1 nitrogen and oxygen atoms in total. The summed E-state index contributed by atoms with van der Waals surface area (Å²) in [4.78, 5) is 12.1. The number of halogens is 1. The number of aryl methyl sites for hydroxylation is 2. The third-order valence-electron chi connectivity index (χ3n) is 2.52. The van der Waals surface area contributed by atoms with Gasteiger partial charge in [0.1, 0.15) is 5.82 Å². The standard InChI is InChI=1S/C13H11FOS/c1-8-5-10(3-4-12(8)14)13(15)11-7-16-6-9(11)2/h3-7H,1-2H3. The Bertz CT molecular complexity index is 543. The van der Waals surface area contributed by atoms with Crippen LogP contribution in [0, 0.1) is 19.7 Å². The van der Waals surface area contributed by atoms with Gasteiger partial charge in [-0.05, 0) is 48.6 Å². The summed E-state index contributed by atoms with van der Waals surface area (Å²) < 4.78 is 13.1. The molecule has 0 saturated heterocycles. The predicted molar refractivity (Wildman–Crippen MR) is 63.6 cm³/mol. The van der Waals surface area contributed by atoms with Gasteiger partial charge in [0.05, 0.1) is 0 Å². The van der Waals surface area contributed by atoms with Crippen LogP contribution in [0.1, 0.15) is 27.0 Å². The second-order valence-electron chi connectivity index (χ2n) is 3.76. The lowest BCUT2D eigenvalue weighted by Gasteiger charge is -2.02. The van der Waals surface area contributed by atoms with Crippen LogP contribution in [0.15, 0.2) is 29.0 Å². The Morgan fingerprint density at radius 3 is 2.50 bits per heavy atom. The molecule has 2 rings (SSSR count). The molecule has 1 aromatic carbocycles. The summed E-state index contributed by atoms with van der Waals surface area (Å²) in [5.41, 5.74) is 2.71. The monoisotopic (exact) mass is 234 g/mol. The Morgan fingerprint density at radius 2 is 1.94 bits per heavy atom. The van der Waals surface area contributed by atoms with E-state index in [-0.39, 0.29) is 11.6 Å². The first-order chi connectivity index (χ1) is 7.59. The molecule has 0 bridgehead atoms. The van der Waals surface area contributed by atoms with Gasteiger partial charge in [-0.15, -0.1) is 0 Å². The number of carbonyl (C=O) groups is 1. The molecule has 2 aromatic rings. The number of carbonyl (C=O) groups excluding carboxylic acids is 1. The smallest absolute Gasteiger partial charge is 0.194 e. The van der Waals surface area contributed by atoms with E-state index in [1.807, 2.05) is 17.7 Å². The molecule has 16 heavy (non-hydrogen) atoms. The van der Waals surface area contributed by atoms with E-state index in [2.05, 4.69) is 0 Å².